The minimum atomic E-state index is -6.90. The van der Waals surface area contributed by atoms with E-state index in [4.69, 9.17) is 0 Å². The zero-order valence-electron chi connectivity index (χ0n) is 17.9. The van der Waals surface area contributed by atoms with Crippen LogP contribution in [0, 0.1) is 0 Å². The molecule has 0 saturated heterocycles. The standard InChI is InChI=1S/C7H6F11N2O2P.C3H2F5OP.C2H2F4O/c8-2-20-19-1-3(9,10)6(15,16)21-4(11,5(12,13)14)7(17,18)22-23;4-1(2(5)6)3(7,8)9-10;3-1-2(4,5)7-6/h1-2,23H2;10H2;1H2. The molecule has 0 bridgehead atoms. The van der Waals surface area contributed by atoms with Crippen molar-refractivity contribution in [3.8, 4) is 0 Å². The Hall–Kier alpha value is -1.36. The van der Waals surface area contributed by atoms with Crippen LogP contribution in [0.4, 0.5) is 87.9 Å². The molecule has 0 spiro atoms. The van der Waals surface area contributed by atoms with Gasteiger partial charge in [-0.2, -0.15) is 84.9 Å². The van der Waals surface area contributed by atoms with Gasteiger partial charge in [-0.1, -0.05) is 0 Å². The maximum atomic E-state index is 13.3. The van der Waals surface area contributed by atoms with Gasteiger partial charge in [0.25, 0.3) is 5.83 Å². The van der Waals surface area contributed by atoms with Crippen molar-refractivity contribution >= 4 is 18.9 Å². The molecule has 0 rings (SSSR count). The molecule has 3 atom stereocenters. The molecule has 3 unspecified atom stereocenters. The molecule has 0 aromatic heterocycles. The Labute approximate surface area is 211 Å². The Kier molecular flexibility index (Phi) is 17.6. The summed E-state index contributed by atoms with van der Waals surface area (Å²) in [6.07, 6.45) is -31.3. The van der Waals surface area contributed by atoms with Crippen LogP contribution < -0.4 is 0 Å². The van der Waals surface area contributed by atoms with E-state index in [-0.39, 0.29) is 0 Å². The lowest BCUT2D eigenvalue weighted by Gasteiger charge is -2.36. The second-order valence-corrected chi connectivity index (χ2v) is 6.14. The van der Waals surface area contributed by atoms with Gasteiger partial charge in [-0.3, -0.25) is 13.8 Å². The Morgan fingerprint density at radius 2 is 1.12 bits per heavy atom. The van der Waals surface area contributed by atoms with Crippen LogP contribution in [0.25, 0.3) is 0 Å². The molecule has 0 aromatic rings. The zero-order chi connectivity index (χ0) is 33.0. The lowest BCUT2D eigenvalue weighted by molar-refractivity contribution is -0.507. The van der Waals surface area contributed by atoms with Crippen LogP contribution in [0.15, 0.2) is 22.1 Å². The minimum Gasteiger partial charge on any atom is -0.299 e. The minimum absolute atomic E-state index is 0.429. The first-order valence-electron chi connectivity index (χ1n) is 8.18. The highest BCUT2D eigenvalue weighted by atomic mass is 31.0. The number of hydrogen-bond donors (Lipinski definition) is 0. The van der Waals surface area contributed by atoms with Gasteiger partial charge in [-0.15, -0.1) is 4.94 Å². The molecule has 242 valence electrons. The third kappa shape index (κ3) is 13.1. The third-order valence-electron chi connectivity index (χ3n) is 2.84. The lowest BCUT2D eigenvalue weighted by Crippen LogP contribution is -2.63. The van der Waals surface area contributed by atoms with Crippen LogP contribution in [0.3, 0.4) is 0 Å². The first kappa shape index (κ1) is 43.1. The van der Waals surface area contributed by atoms with Crippen LogP contribution in [0.1, 0.15) is 0 Å². The monoisotopic (exact) mass is 688 g/mol. The van der Waals surface area contributed by atoms with Crippen molar-refractivity contribution in [3.63, 3.8) is 0 Å². The molecule has 28 heteroatoms. The number of nitrogens with zero attached hydrogens (tertiary/aromatic N) is 2. The van der Waals surface area contributed by atoms with E-state index in [1.54, 1.807) is 0 Å². The van der Waals surface area contributed by atoms with E-state index >= 15 is 0 Å². The number of rotatable bonds is 12. The second-order valence-electron chi connectivity index (χ2n) is 5.67. The van der Waals surface area contributed by atoms with Crippen LogP contribution in [-0.4, -0.2) is 62.4 Å². The fourth-order valence-electron chi connectivity index (χ4n) is 1.06. The molecule has 0 N–H and O–H groups in total. The Bertz CT molecular complexity index is 803. The highest BCUT2D eigenvalue weighted by Crippen LogP contribution is 2.52. The largest absolute Gasteiger partial charge is 0.458 e. The second kappa shape index (κ2) is 16.3. The van der Waals surface area contributed by atoms with Gasteiger partial charge in [0, 0.05) is 18.9 Å². The molecule has 0 radical (unpaired) electrons. The van der Waals surface area contributed by atoms with Crippen LogP contribution in [0.5, 0.6) is 0 Å². The van der Waals surface area contributed by atoms with Gasteiger partial charge >= 0.3 is 48.5 Å². The molecule has 0 heterocycles. The SMILES string of the molecule is FC(F)=C(F)C(F)(F)OP.FCC(F)(F)OF.FCN=NCC(F)(F)C(F)(F)OC(F)(C(F)(F)F)C(F)(F)OP. The van der Waals surface area contributed by atoms with E-state index in [0.29, 0.717) is 9.47 Å². The molecule has 0 fully saturated rings. The summed E-state index contributed by atoms with van der Waals surface area (Å²) in [6.45, 7) is -6.34. The van der Waals surface area contributed by atoms with E-state index in [0.717, 1.165) is 9.47 Å². The van der Waals surface area contributed by atoms with Gasteiger partial charge in [-0.25, -0.2) is 8.78 Å². The highest BCUT2D eigenvalue weighted by Gasteiger charge is 2.79. The van der Waals surface area contributed by atoms with Crippen molar-refractivity contribution in [2.75, 3.05) is 20.0 Å². The number of hydrogen-bond acceptors (Lipinski definition) is 6. The smallest absolute Gasteiger partial charge is 0.299 e. The fourth-order valence-corrected chi connectivity index (χ4v) is 1.32. The first-order valence-corrected chi connectivity index (χ1v) is 9.13. The average Bonchev–Trinajstić information content (AvgIpc) is 2.83. The van der Waals surface area contributed by atoms with E-state index < -0.39 is 74.3 Å². The molecule has 0 aliphatic rings. The molecule has 0 aliphatic heterocycles. The fraction of sp³-hybridized carbons (Fsp3) is 0.833. The summed E-state index contributed by atoms with van der Waals surface area (Å²) in [7, 11) is 1.41. The maximum Gasteiger partial charge on any atom is 0.458 e. The Morgan fingerprint density at radius 1 is 0.675 bits per heavy atom. The summed E-state index contributed by atoms with van der Waals surface area (Å²) in [5, 5.41) is 4.29. The molecular weight excluding hydrogens is 678 g/mol. The summed E-state index contributed by atoms with van der Waals surface area (Å²) in [6, 6.07) is 0. The quantitative estimate of drug-likeness (QED) is 0.0900. The number of azo groups is 1. The van der Waals surface area contributed by atoms with Crippen molar-refractivity contribution in [1.29, 1.82) is 0 Å². The molecular formula is C12H10F20N2O4P2. The van der Waals surface area contributed by atoms with E-state index in [2.05, 4.69) is 24.0 Å². The zero-order valence-corrected chi connectivity index (χ0v) is 20.2. The van der Waals surface area contributed by atoms with Gasteiger partial charge in [-0.05, 0) is 4.53 Å². The van der Waals surface area contributed by atoms with E-state index in [9.17, 15) is 87.9 Å². The maximum absolute atomic E-state index is 13.3. The van der Waals surface area contributed by atoms with E-state index in [1.165, 1.54) is 0 Å². The third-order valence-corrected chi connectivity index (χ3v) is 3.43. The molecule has 0 aromatic carbocycles. The Morgan fingerprint density at radius 3 is 1.35 bits per heavy atom. The summed E-state index contributed by atoms with van der Waals surface area (Å²) in [5.41, 5.74) is 0. The van der Waals surface area contributed by atoms with Gasteiger partial charge < -0.3 is 0 Å². The van der Waals surface area contributed by atoms with Gasteiger partial charge in [0.15, 0.2) is 13.5 Å². The number of ether oxygens (including phenoxy) is 1. The molecule has 0 saturated carbocycles. The van der Waals surface area contributed by atoms with Gasteiger partial charge in [0.05, 0.1) is 0 Å². The highest BCUT2D eigenvalue weighted by molar-refractivity contribution is 7.10. The first-order chi connectivity index (χ1) is 17.6. The number of alkyl halides is 16. The summed E-state index contributed by atoms with van der Waals surface area (Å²) in [4.78, 5) is 1.88. The number of halogens is 20. The van der Waals surface area contributed by atoms with Gasteiger partial charge in [0.2, 0.25) is 0 Å². The van der Waals surface area contributed by atoms with Crippen molar-refractivity contribution in [2.24, 2.45) is 10.2 Å². The van der Waals surface area contributed by atoms with Crippen molar-refractivity contribution in [1.82, 2.24) is 0 Å². The Balaban J connectivity index is -0.000000657. The van der Waals surface area contributed by atoms with Crippen molar-refractivity contribution in [2.45, 2.75) is 42.4 Å². The summed E-state index contributed by atoms with van der Waals surface area (Å²) in [5.74, 6) is -15.2. The summed E-state index contributed by atoms with van der Waals surface area (Å²) >= 11 is 0. The van der Waals surface area contributed by atoms with E-state index in [1.807, 2.05) is 4.94 Å². The molecule has 0 aliphatic carbocycles. The predicted molar refractivity (Wildman–Crippen MR) is 91.5 cm³/mol. The normalized spacial score (nSPS) is 15.1. The summed E-state index contributed by atoms with van der Waals surface area (Å²) < 4.78 is 247. The van der Waals surface area contributed by atoms with Crippen LogP contribution >= 0.6 is 18.9 Å². The van der Waals surface area contributed by atoms with Crippen molar-refractivity contribution < 1.29 is 107 Å². The average molecular weight is 688 g/mol. The van der Waals surface area contributed by atoms with Crippen molar-refractivity contribution in [3.05, 3.63) is 11.9 Å². The molecule has 6 nitrogen and oxygen atoms in total. The molecule has 0 amide bonds. The lowest BCUT2D eigenvalue weighted by atomic mass is 10.2. The van der Waals surface area contributed by atoms with Crippen LogP contribution in [-0.2, 0) is 18.7 Å². The van der Waals surface area contributed by atoms with Gasteiger partial charge in [0.1, 0.15) is 6.54 Å². The topological polar surface area (TPSA) is 61.6 Å². The molecule has 40 heavy (non-hydrogen) atoms. The predicted octanol–water partition coefficient (Wildman–Crippen LogP) is 8.15. The van der Waals surface area contributed by atoms with Crippen LogP contribution in [0.2, 0.25) is 0 Å².